The quantitative estimate of drug-likeness (QED) is 0.385. The average molecular weight is 426 g/mol. The van der Waals surface area contributed by atoms with E-state index in [-0.39, 0.29) is 23.2 Å². The van der Waals surface area contributed by atoms with E-state index < -0.39 is 18.0 Å². The lowest BCUT2D eigenvalue weighted by Gasteiger charge is -2.05. The number of alkyl halides is 3. The first-order valence-electron chi connectivity index (χ1n) is 9.65. The molecular formula is C24H21F3N2O2. The summed E-state index contributed by atoms with van der Waals surface area (Å²) in [6.45, 7) is 3.39. The molecule has 3 aromatic carbocycles. The summed E-state index contributed by atoms with van der Waals surface area (Å²) in [4.78, 5) is 17.3. The second-order valence-electron chi connectivity index (χ2n) is 6.67. The van der Waals surface area contributed by atoms with E-state index in [9.17, 15) is 18.0 Å². The number of aryl methyl sites for hydroxylation is 1. The monoisotopic (exact) mass is 426 g/mol. The zero-order valence-corrected chi connectivity index (χ0v) is 17.0. The summed E-state index contributed by atoms with van der Waals surface area (Å²) in [7, 11) is 0. The van der Waals surface area contributed by atoms with Crippen molar-refractivity contribution in [3.63, 3.8) is 0 Å². The third kappa shape index (κ3) is 5.31. The smallest absolute Gasteiger partial charge is 0.449 e. The summed E-state index contributed by atoms with van der Waals surface area (Å²) >= 11 is 0. The van der Waals surface area contributed by atoms with Crippen LogP contribution in [0.4, 0.5) is 13.2 Å². The summed E-state index contributed by atoms with van der Waals surface area (Å²) in [6, 6.07) is 23.6. The Labute approximate surface area is 177 Å². The number of carbonyl (C=O) groups is 1. The number of aromatic amines is 1. The van der Waals surface area contributed by atoms with Crippen LogP contribution in [0.25, 0.3) is 22.2 Å². The Morgan fingerprint density at radius 2 is 1.48 bits per heavy atom. The maximum absolute atomic E-state index is 12.6. The third-order valence-corrected chi connectivity index (χ3v) is 4.55. The van der Waals surface area contributed by atoms with Gasteiger partial charge in [-0.15, -0.1) is 0 Å². The van der Waals surface area contributed by atoms with Gasteiger partial charge >= 0.3 is 12.1 Å². The number of halogens is 3. The highest BCUT2D eigenvalue weighted by atomic mass is 19.4. The van der Waals surface area contributed by atoms with Crippen LogP contribution in [0.3, 0.4) is 0 Å². The van der Waals surface area contributed by atoms with Crippen LogP contribution in [0.1, 0.15) is 28.7 Å². The van der Waals surface area contributed by atoms with Crippen LogP contribution in [0, 0.1) is 6.92 Å². The van der Waals surface area contributed by atoms with E-state index in [2.05, 4.69) is 58.5 Å². The molecule has 0 amide bonds. The zero-order valence-electron chi connectivity index (χ0n) is 17.0. The van der Waals surface area contributed by atoms with Crippen molar-refractivity contribution in [3.05, 3.63) is 89.7 Å². The first-order chi connectivity index (χ1) is 14.8. The van der Waals surface area contributed by atoms with E-state index in [1.807, 2.05) is 12.1 Å². The molecule has 0 saturated carbocycles. The van der Waals surface area contributed by atoms with Gasteiger partial charge in [0.2, 0.25) is 5.82 Å². The van der Waals surface area contributed by atoms with Gasteiger partial charge in [0.15, 0.2) is 0 Å². The minimum absolute atomic E-state index is 0.123. The fourth-order valence-corrected chi connectivity index (χ4v) is 3.04. The van der Waals surface area contributed by atoms with Crippen molar-refractivity contribution >= 4 is 17.0 Å². The summed E-state index contributed by atoms with van der Waals surface area (Å²) in [5.74, 6) is -1.65. The Kier molecular flexibility index (Phi) is 6.74. The Bertz CT molecular complexity index is 1120. The van der Waals surface area contributed by atoms with E-state index in [1.165, 1.54) is 30.2 Å². The zero-order chi connectivity index (χ0) is 22.4. The molecule has 0 radical (unpaired) electrons. The maximum atomic E-state index is 12.6. The number of hydrogen-bond donors (Lipinski definition) is 1. The lowest BCUT2D eigenvalue weighted by molar-refractivity contribution is -0.144. The van der Waals surface area contributed by atoms with Crippen LogP contribution in [-0.4, -0.2) is 22.5 Å². The molecule has 0 saturated heterocycles. The van der Waals surface area contributed by atoms with Gasteiger partial charge in [-0.3, -0.25) is 0 Å². The molecule has 4 nitrogen and oxygen atoms in total. The lowest BCUT2D eigenvalue weighted by atomic mass is 10.1. The number of nitrogens with zero attached hydrogens (tertiary/aromatic N) is 1. The SMILES string of the molecule is CCOC(=O)c1ccc2[nH]c(C(F)(F)F)nc2c1C.c1ccc(-c2ccccc2)cc1. The normalized spacial score (nSPS) is 11.0. The first kappa shape index (κ1) is 22.1. The lowest BCUT2D eigenvalue weighted by Crippen LogP contribution is -2.07. The van der Waals surface area contributed by atoms with Gasteiger partial charge in [-0.05, 0) is 42.7 Å². The van der Waals surface area contributed by atoms with Gasteiger partial charge in [-0.25, -0.2) is 9.78 Å². The fraction of sp³-hybridized carbons (Fsp3) is 0.167. The van der Waals surface area contributed by atoms with Gasteiger partial charge in [-0.1, -0.05) is 60.7 Å². The Hall–Kier alpha value is -3.61. The van der Waals surface area contributed by atoms with Crippen LogP contribution in [0.15, 0.2) is 72.8 Å². The number of aromatic nitrogens is 2. The number of carbonyl (C=O) groups excluding carboxylic acids is 1. The van der Waals surface area contributed by atoms with Gasteiger partial charge in [0, 0.05) is 0 Å². The van der Waals surface area contributed by atoms with Crippen LogP contribution in [0.5, 0.6) is 0 Å². The number of H-pyrrole nitrogens is 1. The van der Waals surface area contributed by atoms with Gasteiger partial charge < -0.3 is 9.72 Å². The molecule has 0 unspecified atom stereocenters. The predicted molar refractivity (Wildman–Crippen MR) is 114 cm³/mol. The predicted octanol–water partition coefficient (Wildman–Crippen LogP) is 6.42. The molecule has 4 rings (SSSR count). The van der Waals surface area contributed by atoms with Gasteiger partial charge in [0.25, 0.3) is 0 Å². The third-order valence-electron chi connectivity index (χ3n) is 4.55. The van der Waals surface area contributed by atoms with Crippen molar-refractivity contribution in [1.29, 1.82) is 0 Å². The molecule has 160 valence electrons. The minimum Gasteiger partial charge on any atom is -0.462 e. The highest BCUT2D eigenvalue weighted by molar-refractivity contribution is 5.96. The van der Waals surface area contributed by atoms with E-state index in [4.69, 9.17) is 4.74 Å². The minimum atomic E-state index is -4.55. The van der Waals surface area contributed by atoms with Crippen molar-refractivity contribution in [2.75, 3.05) is 6.61 Å². The van der Waals surface area contributed by atoms with Crippen LogP contribution >= 0.6 is 0 Å². The molecule has 0 aliphatic heterocycles. The second kappa shape index (κ2) is 9.47. The van der Waals surface area contributed by atoms with E-state index in [1.54, 1.807) is 6.92 Å². The molecule has 0 spiro atoms. The molecule has 1 N–H and O–H groups in total. The van der Waals surface area contributed by atoms with Crippen LogP contribution in [-0.2, 0) is 10.9 Å². The summed E-state index contributed by atoms with van der Waals surface area (Å²) < 4.78 is 42.5. The summed E-state index contributed by atoms with van der Waals surface area (Å²) in [5, 5.41) is 0. The molecule has 4 aromatic rings. The van der Waals surface area contributed by atoms with Crippen LogP contribution < -0.4 is 0 Å². The molecule has 1 heterocycles. The van der Waals surface area contributed by atoms with Crippen molar-refractivity contribution in [1.82, 2.24) is 9.97 Å². The Balaban J connectivity index is 0.000000194. The van der Waals surface area contributed by atoms with Crippen molar-refractivity contribution < 1.29 is 22.7 Å². The maximum Gasteiger partial charge on any atom is 0.449 e. The standard InChI is InChI=1S/C12H11F3N2O2.C12H10/c1-3-19-10(18)7-4-5-8-9(6(7)2)17-11(16-8)12(13,14)15;1-3-7-11(8-4-1)12-9-5-2-6-10-12/h4-5H,3H2,1-2H3,(H,16,17);1-10H. The number of nitrogens with one attached hydrogen (secondary N) is 1. The largest absolute Gasteiger partial charge is 0.462 e. The number of fused-ring (bicyclic) bond motifs is 1. The molecule has 1 aromatic heterocycles. The van der Waals surface area contributed by atoms with Crippen LogP contribution in [0.2, 0.25) is 0 Å². The van der Waals surface area contributed by atoms with Crippen molar-refractivity contribution in [2.45, 2.75) is 20.0 Å². The van der Waals surface area contributed by atoms with Crippen molar-refractivity contribution in [3.8, 4) is 11.1 Å². The topological polar surface area (TPSA) is 55.0 Å². The Morgan fingerprint density at radius 1 is 0.935 bits per heavy atom. The highest BCUT2D eigenvalue weighted by Crippen LogP contribution is 2.30. The summed E-state index contributed by atoms with van der Waals surface area (Å²) in [5.41, 5.74) is 3.49. The number of benzene rings is 3. The molecule has 0 atom stereocenters. The highest BCUT2D eigenvalue weighted by Gasteiger charge is 2.35. The van der Waals surface area contributed by atoms with Gasteiger partial charge in [-0.2, -0.15) is 13.2 Å². The molecule has 0 bridgehead atoms. The summed E-state index contributed by atoms with van der Waals surface area (Å²) in [6.07, 6.45) is -4.55. The van der Waals surface area contributed by atoms with E-state index in [0.29, 0.717) is 5.56 Å². The fourth-order valence-electron chi connectivity index (χ4n) is 3.04. The molecular weight excluding hydrogens is 405 g/mol. The van der Waals surface area contributed by atoms with Crippen molar-refractivity contribution in [2.24, 2.45) is 0 Å². The number of hydrogen-bond acceptors (Lipinski definition) is 3. The van der Waals surface area contributed by atoms with Gasteiger partial charge in [0.1, 0.15) is 0 Å². The number of esters is 1. The van der Waals surface area contributed by atoms with E-state index in [0.717, 1.165) is 0 Å². The Morgan fingerprint density at radius 3 is 1.97 bits per heavy atom. The van der Waals surface area contributed by atoms with E-state index >= 15 is 0 Å². The average Bonchev–Trinajstić information content (AvgIpc) is 3.22. The molecule has 31 heavy (non-hydrogen) atoms. The number of ether oxygens (including phenoxy) is 1. The molecule has 0 fully saturated rings. The first-order valence-corrected chi connectivity index (χ1v) is 9.65. The number of rotatable bonds is 3. The molecule has 0 aliphatic carbocycles. The number of imidazole rings is 1. The second-order valence-corrected chi connectivity index (χ2v) is 6.67. The van der Waals surface area contributed by atoms with Gasteiger partial charge in [0.05, 0.1) is 23.2 Å². The molecule has 0 aliphatic rings. The molecule has 7 heteroatoms.